The van der Waals surface area contributed by atoms with Crippen LogP contribution in [0.4, 0.5) is 5.82 Å². The molecule has 0 aliphatic carbocycles. The molecule has 13 nitrogen and oxygen atoms in total. The van der Waals surface area contributed by atoms with Gasteiger partial charge >= 0.3 is 0 Å². The summed E-state index contributed by atoms with van der Waals surface area (Å²) in [5, 5.41) is 20.8. The van der Waals surface area contributed by atoms with Gasteiger partial charge in [0.1, 0.15) is 12.4 Å². The number of nitrogens with zero attached hydrogens (tertiary/aromatic N) is 8. The molecule has 1 aliphatic rings. The van der Waals surface area contributed by atoms with Crippen LogP contribution in [0.25, 0.3) is 5.82 Å². The number of hydrogen-bond donors (Lipinski definition) is 2. The van der Waals surface area contributed by atoms with E-state index < -0.39 is 5.91 Å². The number of ether oxygens (including phenoxy) is 1. The molecule has 1 amide bonds. The van der Waals surface area contributed by atoms with Crippen LogP contribution in [0.15, 0.2) is 52.2 Å². The first-order chi connectivity index (χ1) is 19.4. The van der Waals surface area contributed by atoms with Crippen LogP contribution in [0, 0.1) is 0 Å². The van der Waals surface area contributed by atoms with Crippen molar-refractivity contribution in [3.8, 4) is 11.6 Å². The average molecular weight is 585 g/mol. The van der Waals surface area contributed by atoms with Crippen LogP contribution in [-0.4, -0.2) is 80.5 Å². The quantitative estimate of drug-likeness (QED) is 0.221. The second-order valence-corrected chi connectivity index (χ2v) is 9.99. The van der Waals surface area contributed by atoms with E-state index in [2.05, 4.69) is 48.0 Å². The number of carbonyl (C=O) groups is 1. The Labute approximate surface area is 239 Å². The molecule has 2 aromatic carbocycles. The molecule has 15 heteroatoms. The lowest BCUT2D eigenvalue weighted by Crippen LogP contribution is -2.44. The Morgan fingerprint density at radius 2 is 2.00 bits per heavy atom. The largest absolute Gasteiger partial charge is 0.489 e. The molecule has 0 atom stereocenters. The minimum Gasteiger partial charge on any atom is -0.489 e. The van der Waals surface area contributed by atoms with Gasteiger partial charge in [-0.15, -0.1) is 5.10 Å². The van der Waals surface area contributed by atoms with Crippen LogP contribution in [0.5, 0.6) is 5.75 Å². The van der Waals surface area contributed by atoms with E-state index in [0.717, 1.165) is 31.7 Å². The predicted octanol–water partition coefficient (Wildman–Crippen LogP) is 2.63. The fourth-order valence-corrected chi connectivity index (χ4v) is 4.51. The first-order valence-corrected chi connectivity index (χ1v) is 13.1. The highest BCUT2D eigenvalue weighted by Gasteiger charge is 2.26. The van der Waals surface area contributed by atoms with Gasteiger partial charge in [0, 0.05) is 48.3 Å². The number of benzene rings is 2. The maximum absolute atomic E-state index is 13.1. The van der Waals surface area contributed by atoms with E-state index >= 15 is 0 Å². The summed E-state index contributed by atoms with van der Waals surface area (Å²) in [6.45, 7) is 4.10. The van der Waals surface area contributed by atoms with Crippen LogP contribution in [0.1, 0.15) is 27.3 Å². The normalized spacial score (nSPS) is 14.6. The molecule has 3 heterocycles. The number of nitrogen functional groups attached to an aromatic ring is 1. The molecule has 1 aliphatic heterocycles. The van der Waals surface area contributed by atoms with Crippen molar-refractivity contribution >= 4 is 41.1 Å². The van der Waals surface area contributed by atoms with Crippen molar-refractivity contribution in [2.75, 3.05) is 39.0 Å². The highest BCUT2D eigenvalue weighted by atomic mass is 35.5. The Morgan fingerprint density at radius 3 is 2.75 bits per heavy atom. The van der Waals surface area contributed by atoms with Gasteiger partial charge in [-0.05, 0) is 47.2 Å². The van der Waals surface area contributed by atoms with E-state index in [-0.39, 0.29) is 23.9 Å². The van der Waals surface area contributed by atoms with Gasteiger partial charge in [0.15, 0.2) is 5.69 Å². The van der Waals surface area contributed by atoms with Gasteiger partial charge < -0.3 is 15.4 Å². The van der Waals surface area contributed by atoms with Crippen LogP contribution in [0.2, 0.25) is 10.0 Å². The third-order valence-corrected chi connectivity index (χ3v) is 6.88. The Bertz CT molecular complexity index is 1510. The molecular weight excluding hydrogens is 559 g/mol. The summed E-state index contributed by atoms with van der Waals surface area (Å²) in [5.74, 6) is 0.273. The maximum Gasteiger partial charge on any atom is 0.293 e. The zero-order valence-electron chi connectivity index (χ0n) is 21.5. The lowest BCUT2D eigenvalue weighted by molar-refractivity contribution is 0.0946. The summed E-state index contributed by atoms with van der Waals surface area (Å²) >= 11 is 12.2. The van der Waals surface area contributed by atoms with Gasteiger partial charge in [-0.3, -0.25) is 9.69 Å². The standard InChI is InChI=1S/C25H26Cl2N10O3/c1-35-7-9-36(10-8-35)14-21-22(30-34-37(21)24-23(28)32-40-33-24)25(38)31-29-13-16-3-2-4-19(11-16)39-15-17-5-6-18(26)12-20(17)27/h2-6,11-13H,7-10,14-15H2,1H3,(H2,28,32)(H,31,38)/b29-13-. The first kappa shape index (κ1) is 27.5. The van der Waals surface area contributed by atoms with Crippen LogP contribution in [-0.2, 0) is 13.2 Å². The molecule has 2 aromatic heterocycles. The van der Waals surface area contributed by atoms with Gasteiger partial charge in [0.25, 0.3) is 5.91 Å². The van der Waals surface area contributed by atoms with Gasteiger partial charge in [-0.25, -0.2) is 10.1 Å². The number of carbonyl (C=O) groups excluding carboxylic acids is 1. The molecule has 0 radical (unpaired) electrons. The van der Waals surface area contributed by atoms with Crippen LogP contribution in [0.3, 0.4) is 0 Å². The van der Waals surface area contributed by atoms with E-state index in [9.17, 15) is 4.79 Å². The summed E-state index contributed by atoms with van der Waals surface area (Å²) in [4.78, 5) is 17.5. The van der Waals surface area contributed by atoms with E-state index in [0.29, 0.717) is 33.6 Å². The molecule has 3 N–H and O–H groups in total. The van der Waals surface area contributed by atoms with Crippen molar-refractivity contribution in [3.63, 3.8) is 0 Å². The molecule has 5 rings (SSSR count). The number of rotatable bonds is 9. The van der Waals surface area contributed by atoms with E-state index in [1.54, 1.807) is 18.2 Å². The maximum atomic E-state index is 13.1. The molecular formula is C25H26Cl2N10O3. The van der Waals surface area contributed by atoms with E-state index in [4.69, 9.17) is 38.3 Å². The Hall–Kier alpha value is -4.04. The van der Waals surface area contributed by atoms with E-state index in [1.165, 1.54) is 10.9 Å². The summed E-state index contributed by atoms with van der Waals surface area (Å²) in [6, 6.07) is 12.5. The Balaban J connectivity index is 1.27. The van der Waals surface area contributed by atoms with E-state index in [1.807, 2.05) is 24.3 Å². The summed E-state index contributed by atoms with van der Waals surface area (Å²) in [7, 11) is 2.07. The fraction of sp³-hybridized carbons (Fsp3) is 0.280. The molecule has 1 saturated heterocycles. The molecule has 40 heavy (non-hydrogen) atoms. The second kappa shape index (κ2) is 12.4. The third kappa shape index (κ3) is 6.57. The summed E-state index contributed by atoms with van der Waals surface area (Å²) in [5.41, 5.74) is 10.5. The van der Waals surface area contributed by atoms with Crippen molar-refractivity contribution in [3.05, 3.63) is 75.0 Å². The van der Waals surface area contributed by atoms with Crippen molar-refractivity contribution in [2.45, 2.75) is 13.2 Å². The predicted molar refractivity (Wildman–Crippen MR) is 149 cm³/mol. The number of nitrogens with two attached hydrogens (primary N) is 1. The highest BCUT2D eigenvalue weighted by Crippen LogP contribution is 2.23. The second-order valence-electron chi connectivity index (χ2n) is 9.15. The zero-order chi connectivity index (χ0) is 28.1. The molecule has 208 valence electrons. The number of nitrogens with one attached hydrogen (secondary N) is 1. The number of likely N-dealkylation sites (N-methyl/N-ethyl adjacent to an activating group) is 1. The van der Waals surface area contributed by atoms with Crippen LogP contribution >= 0.6 is 23.2 Å². The molecule has 0 saturated carbocycles. The number of anilines is 1. The lowest BCUT2D eigenvalue weighted by atomic mass is 10.2. The van der Waals surface area contributed by atoms with Crippen molar-refractivity contribution < 1.29 is 14.2 Å². The van der Waals surface area contributed by atoms with Gasteiger partial charge in [0.05, 0.1) is 11.9 Å². The summed E-state index contributed by atoms with van der Waals surface area (Å²) in [6.07, 6.45) is 1.50. The molecule has 0 unspecified atom stereocenters. The lowest BCUT2D eigenvalue weighted by Gasteiger charge is -2.32. The number of hydrazone groups is 1. The zero-order valence-corrected chi connectivity index (χ0v) is 23.0. The minimum absolute atomic E-state index is 0.0370. The van der Waals surface area contributed by atoms with Crippen molar-refractivity contribution in [2.24, 2.45) is 5.10 Å². The van der Waals surface area contributed by atoms with Gasteiger partial charge in [-0.2, -0.15) is 9.78 Å². The monoisotopic (exact) mass is 584 g/mol. The van der Waals surface area contributed by atoms with Gasteiger partial charge in [0.2, 0.25) is 11.6 Å². The molecule has 4 aromatic rings. The Morgan fingerprint density at radius 1 is 1.18 bits per heavy atom. The number of piperazine rings is 1. The average Bonchev–Trinajstić information content (AvgIpc) is 3.55. The highest BCUT2D eigenvalue weighted by molar-refractivity contribution is 6.35. The fourth-order valence-electron chi connectivity index (χ4n) is 4.05. The third-order valence-electron chi connectivity index (χ3n) is 6.29. The smallest absolute Gasteiger partial charge is 0.293 e. The van der Waals surface area contributed by atoms with Gasteiger partial charge in [-0.1, -0.05) is 46.6 Å². The molecule has 0 bridgehead atoms. The van der Waals surface area contributed by atoms with Crippen LogP contribution < -0.4 is 15.9 Å². The molecule has 0 spiro atoms. The number of halogens is 2. The number of amides is 1. The topological polar surface area (TPSA) is 153 Å². The number of aromatic nitrogens is 5. The number of hydrogen-bond acceptors (Lipinski definition) is 11. The molecule has 1 fully saturated rings. The SMILES string of the molecule is CN1CCN(Cc2c(C(=O)N/N=C\c3cccc(OCc4ccc(Cl)cc4Cl)c3)nnn2-c2nonc2N)CC1. The van der Waals surface area contributed by atoms with Crippen molar-refractivity contribution in [1.82, 2.24) is 40.5 Å². The Kier molecular flexibility index (Phi) is 8.55. The summed E-state index contributed by atoms with van der Waals surface area (Å²) < 4.78 is 12.0. The minimum atomic E-state index is -0.536. The van der Waals surface area contributed by atoms with Crippen molar-refractivity contribution in [1.29, 1.82) is 0 Å². The first-order valence-electron chi connectivity index (χ1n) is 12.3.